The van der Waals surface area contributed by atoms with Crippen LogP contribution in [0.5, 0.6) is 0 Å². The second kappa shape index (κ2) is 7.24. The number of nitrogens with one attached hydrogen (secondary N) is 2. The first-order valence-corrected chi connectivity index (χ1v) is 10.1. The molecule has 2 aliphatic rings. The van der Waals surface area contributed by atoms with E-state index in [0.29, 0.717) is 47.3 Å². The summed E-state index contributed by atoms with van der Waals surface area (Å²) < 4.78 is 11.1. The van der Waals surface area contributed by atoms with Crippen LogP contribution in [0.1, 0.15) is 35.9 Å². The summed E-state index contributed by atoms with van der Waals surface area (Å²) in [4.78, 5) is 28.3. The van der Waals surface area contributed by atoms with Gasteiger partial charge in [0, 0.05) is 18.6 Å². The minimum atomic E-state index is -0.295. The largest absolute Gasteiger partial charge is 0.442 e. The third-order valence-corrected chi connectivity index (χ3v) is 5.68. The Morgan fingerprint density at radius 1 is 1.17 bits per heavy atom. The smallest absolute Gasteiger partial charge is 0.261 e. The highest BCUT2D eigenvalue weighted by molar-refractivity contribution is 6.15. The van der Waals surface area contributed by atoms with Crippen LogP contribution in [-0.2, 0) is 4.74 Å². The summed E-state index contributed by atoms with van der Waals surface area (Å²) in [5, 5.41) is 6.91. The molecule has 30 heavy (non-hydrogen) atoms. The molecule has 3 aromatic rings. The molecule has 2 fully saturated rings. The Kier molecular flexibility index (Phi) is 4.54. The SMILES string of the molecule is Cc1oc2ncnc(NC3(C)CC3)c2c1C(=O)Nc1ccc(N2CCOCC2)cn1. The topological polar surface area (TPSA) is 105 Å². The van der Waals surface area contributed by atoms with E-state index in [-0.39, 0.29) is 11.4 Å². The molecule has 1 amide bonds. The van der Waals surface area contributed by atoms with Gasteiger partial charge in [-0.15, -0.1) is 0 Å². The number of ether oxygens (including phenoxy) is 1. The zero-order chi connectivity index (χ0) is 20.7. The number of anilines is 3. The Hall–Kier alpha value is -3.20. The summed E-state index contributed by atoms with van der Waals surface area (Å²) in [6.07, 6.45) is 5.35. The van der Waals surface area contributed by atoms with Crippen molar-refractivity contribution >= 4 is 34.3 Å². The van der Waals surface area contributed by atoms with Crippen molar-refractivity contribution in [3.05, 3.63) is 36.0 Å². The lowest BCUT2D eigenvalue weighted by Crippen LogP contribution is -2.36. The fourth-order valence-corrected chi connectivity index (χ4v) is 3.66. The molecule has 0 atom stereocenters. The Morgan fingerprint density at radius 3 is 2.67 bits per heavy atom. The third kappa shape index (κ3) is 3.56. The van der Waals surface area contributed by atoms with Crippen LogP contribution in [0.4, 0.5) is 17.3 Å². The number of furan rings is 1. The zero-order valence-electron chi connectivity index (χ0n) is 17.1. The van der Waals surface area contributed by atoms with Crippen LogP contribution >= 0.6 is 0 Å². The summed E-state index contributed by atoms with van der Waals surface area (Å²) in [5.74, 6) is 1.30. The standard InChI is InChI=1S/C21H24N6O3/c1-13-16(17-18(26-21(2)5-6-21)23-12-24-20(17)30-13)19(28)25-15-4-3-14(11-22-15)27-7-9-29-10-8-27/h3-4,11-12H,5-10H2,1-2H3,(H,22,25,28)(H,23,24,26). The Balaban J connectivity index is 1.40. The van der Waals surface area contributed by atoms with Gasteiger partial charge < -0.3 is 24.7 Å². The van der Waals surface area contributed by atoms with Crippen LogP contribution in [0.3, 0.4) is 0 Å². The molecule has 5 rings (SSSR count). The van der Waals surface area contributed by atoms with E-state index in [1.165, 1.54) is 6.33 Å². The maximum atomic E-state index is 13.1. The number of nitrogens with zero attached hydrogens (tertiary/aromatic N) is 4. The van der Waals surface area contributed by atoms with Gasteiger partial charge in [0.1, 0.15) is 23.7 Å². The van der Waals surface area contributed by atoms with Crippen molar-refractivity contribution < 1.29 is 13.9 Å². The molecule has 1 aliphatic carbocycles. The third-order valence-electron chi connectivity index (χ3n) is 5.68. The molecule has 9 nitrogen and oxygen atoms in total. The van der Waals surface area contributed by atoms with Crippen molar-refractivity contribution in [3.8, 4) is 0 Å². The number of morpholine rings is 1. The van der Waals surface area contributed by atoms with E-state index in [1.807, 2.05) is 6.07 Å². The van der Waals surface area contributed by atoms with E-state index in [1.54, 1.807) is 19.2 Å². The number of aryl methyl sites for hydroxylation is 1. The van der Waals surface area contributed by atoms with Crippen LogP contribution < -0.4 is 15.5 Å². The van der Waals surface area contributed by atoms with Crippen molar-refractivity contribution in [2.75, 3.05) is 41.8 Å². The molecule has 1 saturated heterocycles. The Bertz CT molecular complexity index is 1080. The first-order valence-electron chi connectivity index (χ1n) is 10.1. The highest BCUT2D eigenvalue weighted by Gasteiger charge is 2.38. The minimum absolute atomic E-state index is 0.0110. The lowest BCUT2D eigenvalue weighted by Gasteiger charge is -2.28. The van der Waals surface area contributed by atoms with Crippen molar-refractivity contribution in [1.29, 1.82) is 0 Å². The quantitative estimate of drug-likeness (QED) is 0.664. The van der Waals surface area contributed by atoms with Gasteiger partial charge >= 0.3 is 0 Å². The second-order valence-electron chi connectivity index (χ2n) is 8.08. The lowest BCUT2D eigenvalue weighted by atomic mass is 10.1. The summed E-state index contributed by atoms with van der Waals surface area (Å²) in [5.41, 5.74) is 1.85. The highest BCUT2D eigenvalue weighted by atomic mass is 16.5. The molecule has 0 unspecified atom stereocenters. The van der Waals surface area contributed by atoms with Crippen LogP contribution in [-0.4, -0.2) is 52.7 Å². The van der Waals surface area contributed by atoms with E-state index in [0.717, 1.165) is 31.6 Å². The minimum Gasteiger partial charge on any atom is -0.442 e. The predicted molar refractivity (Wildman–Crippen MR) is 113 cm³/mol. The number of carbonyl (C=O) groups excluding carboxylic acids is 1. The number of fused-ring (bicyclic) bond motifs is 1. The number of rotatable bonds is 5. The zero-order valence-corrected chi connectivity index (χ0v) is 17.1. The molecule has 0 bridgehead atoms. The monoisotopic (exact) mass is 408 g/mol. The van der Waals surface area contributed by atoms with E-state index in [4.69, 9.17) is 9.15 Å². The summed E-state index contributed by atoms with van der Waals surface area (Å²) >= 11 is 0. The average Bonchev–Trinajstić information content (AvgIpc) is 3.37. The van der Waals surface area contributed by atoms with Crippen LogP contribution in [0.25, 0.3) is 11.1 Å². The van der Waals surface area contributed by atoms with Gasteiger partial charge in [0.25, 0.3) is 5.91 Å². The Labute approximate surface area is 173 Å². The van der Waals surface area contributed by atoms with Gasteiger partial charge in [0.15, 0.2) is 0 Å². The van der Waals surface area contributed by atoms with Crippen molar-refractivity contribution in [1.82, 2.24) is 15.0 Å². The van der Waals surface area contributed by atoms with Crippen molar-refractivity contribution in [2.24, 2.45) is 0 Å². The molecule has 3 aromatic heterocycles. The van der Waals surface area contributed by atoms with Crippen molar-refractivity contribution in [2.45, 2.75) is 32.2 Å². The molecule has 0 aromatic carbocycles. The molecule has 1 aliphatic heterocycles. The van der Waals surface area contributed by atoms with E-state index >= 15 is 0 Å². The molecule has 0 radical (unpaired) electrons. The molecule has 2 N–H and O–H groups in total. The first-order chi connectivity index (χ1) is 14.5. The normalized spacial score (nSPS) is 17.7. The summed E-state index contributed by atoms with van der Waals surface area (Å²) in [6.45, 7) is 6.98. The first kappa shape index (κ1) is 18.8. The van der Waals surface area contributed by atoms with Gasteiger partial charge in [-0.2, -0.15) is 0 Å². The number of carbonyl (C=O) groups is 1. The Morgan fingerprint density at radius 2 is 1.97 bits per heavy atom. The number of aromatic nitrogens is 3. The summed E-state index contributed by atoms with van der Waals surface area (Å²) in [7, 11) is 0. The highest BCUT2D eigenvalue weighted by Crippen LogP contribution is 2.40. The summed E-state index contributed by atoms with van der Waals surface area (Å²) in [6, 6.07) is 3.76. The van der Waals surface area contributed by atoms with Gasteiger partial charge in [-0.3, -0.25) is 4.79 Å². The van der Waals surface area contributed by atoms with E-state index in [2.05, 4.69) is 37.4 Å². The maximum absolute atomic E-state index is 13.1. The molecular formula is C21H24N6O3. The molecule has 156 valence electrons. The fraction of sp³-hybridized carbons (Fsp3) is 0.429. The van der Waals surface area contributed by atoms with Gasteiger partial charge in [0.05, 0.1) is 36.0 Å². The fourth-order valence-electron chi connectivity index (χ4n) is 3.66. The van der Waals surface area contributed by atoms with Gasteiger partial charge in [-0.25, -0.2) is 15.0 Å². The molecular weight excluding hydrogens is 384 g/mol. The maximum Gasteiger partial charge on any atom is 0.261 e. The predicted octanol–water partition coefficient (Wildman–Crippen LogP) is 2.98. The molecule has 1 saturated carbocycles. The van der Waals surface area contributed by atoms with E-state index < -0.39 is 0 Å². The average molecular weight is 408 g/mol. The van der Waals surface area contributed by atoms with Gasteiger partial charge in [-0.05, 0) is 38.8 Å². The van der Waals surface area contributed by atoms with Gasteiger partial charge in [-0.1, -0.05) is 0 Å². The van der Waals surface area contributed by atoms with Crippen LogP contribution in [0, 0.1) is 6.92 Å². The molecule has 0 spiro atoms. The number of hydrogen-bond donors (Lipinski definition) is 2. The lowest BCUT2D eigenvalue weighted by molar-refractivity contribution is 0.102. The molecule has 9 heteroatoms. The molecule has 4 heterocycles. The van der Waals surface area contributed by atoms with E-state index in [9.17, 15) is 4.79 Å². The number of amides is 1. The van der Waals surface area contributed by atoms with Crippen LogP contribution in [0.2, 0.25) is 0 Å². The second-order valence-corrected chi connectivity index (χ2v) is 8.08. The van der Waals surface area contributed by atoms with Crippen LogP contribution in [0.15, 0.2) is 29.1 Å². The number of pyridine rings is 1. The van der Waals surface area contributed by atoms with Gasteiger partial charge in [0.2, 0.25) is 5.71 Å². The number of hydrogen-bond acceptors (Lipinski definition) is 8. The van der Waals surface area contributed by atoms with Crippen molar-refractivity contribution in [3.63, 3.8) is 0 Å².